The van der Waals surface area contributed by atoms with Crippen LogP contribution in [0.4, 0.5) is 0 Å². The van der Waals surface area contributed by atoms with Gasteiger partial charge in [0.1, 0.15) is 0 Å². The van der Waals surface area contributed by atoms with Crippen LogP contribution in [0.3, 0.4) is 0 Å². The SMILES string of the molecule is CC(c1nc(Cc2cccs2)no1)C1CNC1. The van der Waals surface area contributed by atoms with Crippen molar-refractivity contribution in [2.24, 2.45) is 5.92 Å². The smallest absolute Gasteiger partial charge is 0.229 e. The zero-order valence-corrected chi connectivity index (χ0v) is 10.5. The molecule has 1 unspecified atom stereocenters. The molecule has 1 aliphatic rings. The van der Waals surface area contributed by atoms with Crippen molar-refractivity contribution in [3.05, 3.63) is 34.1 Å². The largest absolute Gasteiger partial charge is 0.339 e. The van der Waals surface area contributed by atoms with E-state index < -0.39 is 0 Å². The molecule has 1 fully saturated rings. The van der Waals surface area contributed by atoms with Crippen LogP contribution in [0.15, 0.2) is 22.0 Å². The minimum Gasteiger partial charge on any atom is -0.339 e. The maximum absolute atomic E-state index is 5.35. The molecule has 17 heavy (non-hydrogen) atoms. The Labute approximate surface area is 104 Å². The molecule has 2 aromatic rings. The van der Waals surface area contributed by atoms with Gasteiger partial charge < -0.3 is 9.84 Å². The second kappa shape index (κ2) is 4.58. The van der Waals surface area contributed by atoms with Crippen LogP contribution < -0.4 is 5.32 Å². The van der Waals surface area contributed by atoms with Crippen molar-refractivity contribution in [1.29, 1.82) is 0 Å². The van der Waals surface area contributed by atoms with Gasteiger partial charge in [0, 0.05) is 17.2 Å². The third-order valence-corrected chi connectivity index (χ3v) is 4.18. The van der Waals surface area contributed by atoms with Gasteiger partial charge >= 0.3 is 0 Å². The number of nitrogens with one attached hydrogen (secondary N) is 1. The van der Waals surface area contributed by atoms with Gasteiger partial charge in [-0.2, -0.15) is 4.98 Å². The maximum atomic E-state index is 5.35. The summed E-state index contributed by atoms with van der Waals surface area (Å²) in [5, 5.41) is 9.39. The van der Waals surface area contributed by atoms with Crippen molar-refractivity contribution in [2.75, 3.05) is 13.1 Å². The fraction of sp³-hybridized carbons (Fsp3) is 0.500. The van der Waals surface area contributed by atoms with Gasteiger partial charge in [0.15, 0.2) is 5.82 Å². The van der Waals surface area contributed by atoms with E-state index in [1.807, 2.05) is 6.07 Å². The predicted molar refractivity (Wildman–Crippen MR) is 66.2 cm³/mol. The molecule has 5 heteroatoms. The Hall–Kier alpha value is -1.20. The maximum Gasteiger partial charge on any atom is 0.229 e. The zero-order chi connectivity index (χ0) is 11.7. The van der Waals surface area contributed by atoms with E-state index in [0.717, 1.165) is 31.2 Å². The van der Waals surface area contributed by atoms with Crippen molar-refractivity contribution in [3.63, 3.8) is 0 Å². The molecule has 0 radical (unpaired) electrons. The van der Waals surface area contributed by atoms with Crippen molar-refractivity contribution < 1.29 is 4.52 Å². The zero-order valence-electron chi connectivity index (χ0n) is 9.72. The summed E-state index contributed by atoms with van der Waals surface area (Å²) in [5.41, 5.74) is 0. The van der Waals surface area contributed by atoms with E-state index in [0.29, 0.717) is 11.8 Å². The number of hydrogen-bond donors (Lipinski definition) is 1. The standard InChI is InChI=1S/C12H15N3OS/c1-8(9-6-13-7-9)12-14-11(15-16-12)5-10-3-2-4-17-10/h2-4,8-9,13H,5-7H2,1H3. The number of hydrogen-bond acceptors (Lipinski definition) is 5. The Balaban J connectivity index is 1.69. The van der Waals surface area contributed by atoms with Gasteiger partial charge in [-0.25, -0.2) is 0 Å². The first-order chi connectivity index (χ1) is 8.33. The van der Waals surface area contributed by atoms with Gasteiger partial charge in [-0.3, -0.25) is 0 Å². The molecule has 1 aliphatic heterocycles. The van der Waals surface area contributed by atoms with E-state index in [-0.39, 0.29) is 0 Å². The average molecular weight is 249 g/mol. The van der Waals surface area contributed by atoms with Gasteiger partial charge in [0.05, 0.1) is 0 Å². The quantitative estimate of drug-likeness (QED) is 0.901. The van der Waals surface area contributed by atoms with Gasteiger partial charge in [-0.15, -0.1) is 11.3 Å². The molecule has 0 bridgehead atoms. The average Bonchev–Trinajstić information content (AvgIpc) is 2.86. The molecule has 0 aromatic carbocycles. The lowest BCUT2D eigenvalue weighted by atomic mass is 9.89. The predicted octanol–water partition coefficient (Wildman–Crippen LogP) is 2.04. The third-order valence-electron chi connectivity index (χ3n) is 3.31. The first-order valence-electron chi connectivity index (χ1n) is 5.88. The van der Waals surface area contributed by atoms with Gasteiger partial charge in [-0.1, -0.05) is 18.1 Å². The molecule has 4 nitrogen and oxygen atoms in total. The number of rotatable bonds is 4. The van der Waals surface area contributed by atoms with E-state index in [9.17, 15) is 0 Å². The first-order valence-corrected chi connectivity index (χ1v) is 6.76. The first kappa shape index (κ1) is 10.9. The van der Waals surface area contributed by atoms with Crippen LogP contribution in [0.25, 0.3) is 0 Å². The van der Waals surface area contributed by atoms with Crippen molar-refractivity contribution in [2.45, 2.75) is 19.3 Å². The molecule has 0 amide bonds. The summed E-state index contributed by atoms with van der Waals surface area (Å²) >= 11 is 1.73. The minimum atomic E-state index is 0.362. The summed E-state index contributed by atoms with van der Waals surface area (Å²) in [5.74, 6) is 2.58. The molecule has 0 aliphatic carbocycles. The molecule has 2 aromatic heterocycles. The highest BCUT2D eigenvalue weighted by atomic mass is 32.1. The summed E-state index contributed by atoms with van der Waals surface area (Å²) in [6.45, 7) is 4.28. The van der Waals surface area contributed by atoms with Crippen molar-refractivity contribution in [1.82, 2.24) is 15.5 Å². The summed E-state index contributed by atoms with van der Waals surface area (Å²) in [7, 11) is 0. The van der Waals surface area contributed by atoms with E-state index in [1.54, 1.807) is 11.3 Å². The molecule has 1 atom stereocenters. The van der Waals surface area contributed by atoms with Crippen LogP contribution >= 0.6 is 11.3 Å². The summed E-state index contributed by atoms with van der Waals surface area (Å²) in [6, 6.07) is 4.14. The lowest BCUT2D eigenvalue weighted by Gasteiger charge is -2.30. The van der Waals surface area contributed by atoms with Crippen LogP contribution in [0, 0.1) is 5.92 Å². The fourth-order valence-electron chi connectivity index (χ4n) is 1.96. The summed E-state index contributed by atoms with van der Waals surface area (Å²) < 4.78 is 5.35. The summed E-state index contributed by atoms with van der Waals surface area (Å²) in [6.07, 6.45) is 0.775. The van der Waals surface area contributed by atoms with E-state index in [4.69, 9.17) is 4.52 Å². The van der Waals surface area contributed by atoms with Crippen LogP contribution in [0.2, 0.25) is 0 Å². The Morgan fingerprint density at radius 2 is 2.47 bits per heavy atom. The summed E-state index contributed by atoms with van der Waals surface area (Å²) in [4.78, 5) is 5.76. The Morgan fingerprint density at radius 3 is 3.12 bits per heavy atom. The number of aromatic nitrogens is 2. The fourth-order valence-corrected chi connectivity index (χ4v) is 2.66. The topological polar surface area (TPSA) is 51.0 Å². The van der Waals surface area contributed by atoms with Gasteiger partial charge in [0.2, 0.25) is 5.89 Å². The highest BCUT2D eigenvalue weighted by Gasteiger charge is 2.28. The van der Waals surface area contributed by atoms with Gasteiger partial charge in [0.25, 0.3) is 0 Å². The Kier molecular flexibility index (Phi) is 2.94. The molecule has 1 N–H and O–H groups in total. The van der Waals surface area contributed by atoms with Crippen molar-refractivity contribution in [3.8, 4) is 0 Å². The lowest BCUT2D eigenvalue weighted by molar-refractivity contribution is 0.252. The number of thiophene rings is 1. The molecule has 3 heterocycles. The minimum absolute atomic E-state index is 0.362. The lowest BCUT2D eigenvalue weighted by Crippen LogP contribution is -2.44. The van der Waals surface area contributed by atoms with Crippen molar-refractivity contribution >= 4 is 11.3 Å². The van der Waals surface area contributed by atoms with Crippen LogP contribution in [0.1, 0.15) is 29.4 Å². The molecule has 1 saturated heterocycles. The second-order valence-corrected chi connectivity index (χ2v) is 5.54. The molecular weight excluding hydrogens is 234 g/mol. The Morgan fingerprint density at radius 1 is 1.59 bits per heavy atom. The van der Waals surface area contributed by atoms with Gasteiger partial charge in [-0.05, 0) is 30.5 Å². The highest BCUT2D eigenvalue weighted by molar-refractivity contribution is 7.09. The molecule has 0 saturated carbocycles. The molecular formula is C12H15N3OS. The van der Waals surface area contributed by atoms with E-state index in [2.05, 4.69) is 33.8 Å². The monoisotopic (exact) mass is 249 g/mol. The van der Waals surface area contributed by atoms with Crippen LogP contribution in [0.5, 0.6) is 0 Å². The normalized spacial score (nSPS) is 17.9. The Bertz CT molecular complexity index is 476. The molecule has 0 spiro atoms. The van der Waals surface area contributed by atoms with E-state index >= 15 is 0 Å². The van der Waals surface area contributed by atoms with Crippen LogP contribution in [-0.2, 0) is 6.42 Å². The third kappa shape index (κ3) is 2.25. The van der Waals surface area contributed by atoms with Crippen LogP contribution in [-0.4, -0.2) is 23.2 Å². The molecule has 90 valence electrons. The second-order valence-electron chi connectivity index (χ2n) is 4.51. The number of nitrogens with zero attached hydrogens (tertiary/aromatic N) is 2. The van der Waals surface area contributed by atoms with E-state index in [1.165, 1.54) is 4.88 Å². The molecule has 3 rings (SSSR count). The highest BCUT2D eigenvalue weighted by Crippen LogP contribution is 2.26.